The van der Waals surface area contributed by atoms with Crippen LogP contribution in [-0.4, -0.2) is 43.1 Å². The Morgan fingerprint density at radius 1 is 1.27 bits per heavy atom. The molecule has 1 amide bonds. The van der Waals surface area contributed by atoms with Gasteiger partial charge in [-0.15, -0.1) is 35.3 Å². The number of ether oxygens (including phenoxy) is 1. The molecule has 0 unspecified atom stereocenters. The first kappa shape index (κ1) is 24.4. The second kappa shape index (κ2) is 12.7. The minimum absolute atomic E-state index is 0. The van der Waals surface area contributed by atoms with E-state index in [0.29, 0.717) is 18.3 Å². The van der Waals surface area contributed by atoms with E-state index in [1.54, 1.807) is 18.4 Å². The zero-order valence-corrected chi connectivity index (χ0v) is 20.6. The molecule has 0 spiro atoms. The molecule has 7 nitrogen and oxygen atoms in total. The number of nitrogens with one attached hydrogen (secondary N) is 3. The summed E-state index contributed by atoms with van der Waals surface area (Å²) in [4.78, 5) is 21.6. The molecule has 0 aliphatic heterocycles. The Labute approximate surface area is 199 Å². The van der Waals surface area contributed by atoms with Gasteiger partial charge in [0, 0.05) is 30.7 Å². The van der Waals surface area contributed by atoms with Crippen molar-refractivity contribution in [3.8, 4) is 5.75 Å². The van der Waals surface area contributed by atoms with Crippen molar-refractivity contribution < 1.29 is 9.53 Å². The van der Waals surface area contributed by atoms with Crippen molar-refractivity contribution in [1.29, 1.82) is 0 Å². The summed E-state index contributed by atoms with van der Waals surface area (Å²) in [5.74, 6) is 1.42. The molecular formula is C21H30IN5O2S. The van der Waals surface area contributed by atoms with Gasteiger partial charge in [-0.2, -0.15) is 0 Å². The molecule has 0 saturated heterocycles. The lowest BCUT2D eigenvalue weighted by molar-refractivity contribution is -0.123. The average molecular weight is 543 g/mol. The van der Waals surface area contributed by atoms with Crippen LogP contribution in [0.15, 0.2) is 35.5 Å². The molecule has 3 N–H and O–H groups in total. The third-order valence-corrected chi connectivity index (χ3v) is 5.66. The maximum absolute atomic E-state index is 11.7. The number of aryl methyl sites for hydroxylation is 1. The van der Waals surface area contributed by atoms with Crippen molar-refractivity contribution in [3.05, 3.63) is 45.9 Å². The van der Waals surface area contributed by atoms with Gasteiger partial charge in [0.15, 0.2) is 12.6 Å². The first-order valence-corrected chi connectivity index (χ1v) is 10.9. The van der Waals surface area contributed by atoms with Crippen molar-refractivity contribution >= 4 is 47.2 Å². The number of thiazole rings is 1. The highest BCUT2D eigenvalue weighted by molar-refractivity contribution is 14.0. The van der Waals surface area contributed by atoms with Crippen LogP contribution >= 0.6 is 35.3 Å². The molecule has 0 bridgehead atoms. The molecule has 164 valence electrons. The van der Waals surface area contributed by atoms with Crippen LogP contribution in [0.25, 0.3) is 0 Å². The summed E-state index contributed by atoms with van der Waals surface area (Å²) in [7, 11) is 1.76. The quantitative estimate of drug-likeness (QED) is 0.244. The lowest BCUT2D eigenvalue weighted by Gasteiger charge is -2.11. The van der Waals surface area contributed by atoms with Gasteiger partial charge in [-0.25, -0.2) is 4.98 Å². The van der Waals surface area contributed by atoms with Gasteiger partial charge >= 0.3 is 0 Å². The molecule has 1 aromatic heterocycles. The largest absolute Gasteiger partial charge is 0.484 e. The zero-order chi connectivity index (χ0) is 20.5. The van der Waals surface area contributed by atoms with Crippen molar-refractivity contribution in [2.24, 2.45) is 4.99 Å². The maximum atomic E-state index is 11.7. The second-order valence-corrected chi connectivity index (χ2v) is 8.15. The van der Waals surface area contributed by atoms with Crippen molar-refractivity contribution in [3.63, 3.8) is 0 Å². The van der Waals surface area contributed by atoms with Gasteiger partial charge in [0.05, 0.1) is 6.54 Å². The van der Waals surface area contributed by atoms with E-state index in [0.717, 1.165) is 43.2 Å². The summed E-state index contributed by atoms with van der Waals surface area (Å²) in [6.45, 7) is 3.64. The van der Waals surface area contributed by atoms with Crippen LogP contribution in [0.1, 0.15) is 35.2 Å². The fourth-order valence-electron chi connectivity index (χ4n) is 2.70. The molecule has 0 radical (unpaired) electrons. The number of aromatic nitrogens is 1. The lowest BCUT2D eigenvalue weighted by Crippen LogP contribution is -2.37. The van der Waals surface area contributed by atoms with E-state index in [9.17, 15) is 4.79 Å². The van der Waals surface area contributed by atoms with E-state index in [2.05, 4.69) is 32.9 Å². The standard InChI is InChI=1S/C21H29N5O2S.HI/c1-3-18-12-24-20(29-18)13-25-21(22-2)23-11-10-15-4-8-17(9-5-15)28-14-19(27)26-16-6-7-16;/h4-5,8-9,12,16H,3,6-7,10-11,13-14H2,1-2H3,(H,26,27)(H2,22,23,25);1H. The van der Waals surface area contributed by atoms with Crippen LogP contribution in [0.5, 0.6) is 5.75 Å². The SMILES string of the molecule is CCc1cnc(CNC(=NC)NCCc2ccc(OCC(=O)NC3CC3)cc2)s1.I. The molecule has 2 aromatic rings. The first-order chi connectivity index (χ1) is 14.2. The van der Waals surface area contributed by atoms with Crippen LogP contribution < -0.4 is 20.7 Å². The molecule has 1 aliphatic rings. The van der Waals surface area contributed by atoms with Crippen LogP contribution in [0.4, 0.5) is 0 Å². The minimum atomic E-state index is -0.0525. The summed E-state index contributed by atoms with van der Waals surface area (Å²) in [6.07, 6.45) is 5.98. The Morgan fingerprint density at radius 2 is 2.03 bits per heavy atom. The Kier molecular flexibility index (Phi) is 10.4. The Bertz CT molecular complexity index is 821. The molecule has 30 heavy (non-hydrogen) atoms. The number of carbonyl (C=O) groups excluding carboxylic acids is 1. The van der Waals surface area contributed by atoms with Crippen LogP contribution in [0.3, 0.4) is 0 Å². The predicted molar refractivity (Wildman–Crippen MR) is 132 cm³/mol. The Hall–Kier alpha value is -1.88. The summed E-state index contributed by atoms with van der Waals surface area (Å²) in [5.41, 5.74) is 1.19. The van der Waals surface area contributed by atoms with E-state index in [1.807, 2.05) is 30.5 Å². The molecule has 0 atom stereocenters. The van der Waals surface area contributed by atoms with E-state index < -0.39 is 0 Å². The van der Waals surface area contributed by atoms with Gasteiger partial charge in [0.2, 0.25) is 0 Å². The van der Waals surface area contributed by atoms with Gasteiger partial charge in [0.25, 0.3) is 5.91 Å². The number of nitrogens with zero attached hydrogens (tertiary/aromatic N) is 2. The Morgan fingerprint density at radius 3 is 2.67 bits per heavy atom. The molecule has 1 aliphatic carbocycles. The summed E-state index contributed by atoms with van der Waals surface area (Å²) in [5, 5.41) is 10.6. The third-order valence-electron chi connectivity index (χ3n) is 4.52. The number of aliphatic imine (C=N–C) groups is 1. The zero-order valence-electron chi connectivity index (χ0n) is 17.4. The topological polar surface area (TPSA) is 87.6 Å². The summed E-state index contributed by atoms with van der Waals surface area (Å²) < 4.78 is 5.53. The van der Waals surface area contributed by atoms with Crippen LogP contribution in [0.2, 0.25) is 0 Å². The number of guanidine groups is 1. The number of hydrogen-bond donors (Lipinski definition) is 3. The lowest BCUT2D eigenvalue weighted by atomic mass is 10.1. The number of benzene rings is 1. The molecule has 1 aromatic carbocycles. The van der Waals surface area contributed by atoms with Gasteiger partial charge in [0.1, 0.15) is 10.8 Å². The number of carbonyl (C=O) groups is 1. The Balaban J connectivity index is 0.00000320. The summed E-state index contributed by atoms with van der Waals surface area (Å²) >= 11 is 1.73. The molecule has 3 rings (SSSR count). The fourth-order valence-corrected chi connectivity index (χ4v) is 3.50. The van der Waals surface area contributed by atoms with Gasteiger partial charge in [-0.05, 0) is 43.4 Å². The number of rotatable bonds is 10. The van der Waals surface area contributed by atoms with Crippen molar-refractivity contribution in [2.75, 3.05) is 20.2 Å². The van der Waals surface area contributed by atoms with Crippen LogP contribution in [-0.2, 0) is 24.2 Å². The second-order valence-electron chi connectivity index (χ2n) is 6.95. The minimum Gasteiger partial charge on any atom is -0.484 e. The monoisotopic (exact) mass is 543 g/mol. The van der Waals surface area contributed by atoms with Crippen molar-refractivity contribution in [2.45, 2.75) is 45.2 Å². The molecule has 1 heterocycles. The van der Waals surface area contributed by atoms with Gasteiger partial charge in [-0.1, -0.05) is 19.1 Å². The molecule has 1 fully saturated rings. The third kappa shape index (κ3) is 8.47. The molecular weight excluding hydrogens is 513 g/mol. The van der Waals surface area contributed by atoms with Crippen molar-refractivity contribution in [1.82, 2.24) is 20.9 Å². The number of halogens is 1. The normalized spacial score (nSPS) is 13.3. The molecule has 9 heteroatoms. The van der Waals surface area contributed by atoms with E-state index in [1.165, 1.54) is 10.4 Å². The number of hydrogen-bond acceptors (Lipinski definition) is 5. The van der Waals surface area contributed by atoms with E-state index in [-0.39, 0.29) is 36.5 Å². The van der Waals surface area contributed by atoms with Gasteiger partial charge in [-0.3, -0.25) is 9.79 Å². The highest BCUT2D eigenvalue weighted by Crippen LogP contribution is 2.18. The van der Waals surface area contributed by atoms with Crippen LogP contribution in [0, 0.1) is 0 Å². The van der Waals surface area contributed by atoms with E-state index >= 15 is 0 Å². The predicted octanol–water partition coefficient (Wildman–Crippen LogP) is 2.89. The summed E-state index contributed by atoms with van der Waals surface area (Å²) in [6, 6.07) is 8.21. The van der Waals surface area contributed by atoms with E-state index in [4.69, 9.17) is 4.74 Å². The van der Waals surface area contributed by atoms with Gasteiger partial charge < -0.3 is 20.7 Å². The smallest absolute Gasteiger partial charge is 0.258 e. The maximum Gasteiger partial charge on any atom is 0.258 e. The molecule has 1 saturated carbocycles. The highest BCUT2D eigenvalue weighted by Gasteiger charge is 2.23. The highest BCUT2D eigenvalue weighted by atomic mass is 127. The average Bonchev–Trinajstić information content (AvgIpc) is 3.43. The first-order valence-electron chi connectivity index (χ1n) is 10.1. The number of amides is 1. The fraction of sp³-hybridized carbons (Fsp3) is 0.476.